The molecular formula is C35H37ClFN3O4S. The first-order valence-corrected chi connectivity index (χ1v) is 16.3. The Morgan fingerprint density at radius 1 is 0.889 bits per heavy atom. The van der Waals surface area contributed by atoms with Crippen molar-refractivity contribution in [2.24, 2.45) is 0 Å². The first kappa shape index (κ1) is 33.7. The van der Waals surface area contributed by atoms with Crippen LogP contribution >= 0.6 is 11.6 Å². The van der Waals surface area contributed by atoms with Crippen molar-refractivity contribution in [3.63, 3.8) is 0 Å². The Hall–Kier alpha value is -4.21. The Balaban J connectivity index is 1.84. The highest BCUT2D eigenvalue weighted by Crippen LogP contribution is 2.29. The summed E-state index contributed by atoms with van der Waals surface area (Å²) in [5.41, 5.74) is 1.94. The number of carbonyl (C=O) groups is 2. The minimum absolute atomic E-state index is 0.00759. The number of anilines is 1. The van der Waals surface area contributed by atoms with Gasteiger partial charge >= 0.3 is 0 Å². The number of benzene rings is 4. The number of hydrogen-bond acceptors (Lipinski definition) is 4. The summed E-state index contributed by atoms with van der Waals surface area (Å²) in [7, 11) is -4.32. The Morgan fingerprint density at radius 2 is 1.49 bits per heavy atom. The zero-order valence-corrected chi connectivity index (χ0v) is 27.3. The van der Waals surface area contributed by atoms with Crippen LogP contribution in [-0.2, 0) is 32.6 Å². The SMILES string of the molecule is Cc1ccccc1CN(C(=O)CN(c1ccc(F)c(Cl)c1)S(=O)(=O)c1ccccc1)[C@@H](Cc1ccccc1)C(=O)NC(C)(C)C. The van der Waals surface area contributed by atoms with E-state index in [1.165, 1.54) is 29.2 Å². The second-order valence-corrected chi connectivity index (χ2v) is 14.1. The number of carbonyl (C=O) groups excluding carboxylic acids is 2. The van der Waals surface area contributed by atoms with E-state index in [1.54, 1.807) is 18.2 Å². The van der Waals surface area contributed by atoms with Crippen molar-refractivity contribution >= 4 is 39.1 Å². The summed E-state index contributed by atoms with van der Waals surface area (Å²) < 4.78 is 43.1. The van der Waals surface area contributed by atoms with Gasteiger partial charge in [0.05, 0.1) is 15.6 Å². The zero-order valence-electron chi connectivity index (χ0n) is 25.7. The molecule has 0 aliphatic carbocycles. The smallest absolute Gasteiger partial charge is 0.264 e. The molecule has 4 aromatic carbocycles. The highest BCUT2D eigenvalue weighted by molar-refractivity contribution is 7.92. The van der Waals surface area contributed by atoms with E-state index in [-0.39, 0.29) is 34.5 Å². The van der Waals surface area contributed by atoms with E-state index in [0.717, 1.165) is 27.1 Å². The van der Waals surface area contributed by atoms with Crippen molar-refractivity contribution in [2.45, 2.75) is 57.1 Å². The Bertz CT molecular complexity index is 1750. The van der Waals surface area contributed by atoms with Crippen LogP contribution in [0, 0.1) is 12.7 Å². The molecule has 10 heteroatoms. The minimum Gasteiger partial charge on any atom is -0.350 e. The predicted octanol–water partition coefficient (Wildman–Crippen LogP) is 6.54. The van der Waals surface area contributed by atoms with E-state index < -0.39 is 39.9 Å². The first-order chi connectivity index (χ1) is 21.3. The van der Waals surface area contributed by atoms with Crippen LogP contribution in [-0.4, -0.2) is 43.3 Å². The third kappa shape index (κ3) is 8.71. The van der Waals surface area contributed by atoms with Crippen LogP contribution in [0.3, 0.4) is 0 Å². The lowest BCUT2D eigenvalue weighted by Crippen LogP contribution is -2.56. The number of aryl methyl sites for hydroxylation is 1. The summed E-state index contributed by atoms with van der Waals surface area (Å²) in [6.45, 7) is 6.84. The van der Waals surface area contributed by atoms with Crippen molar-refractivity contribution in [2.75, 3.05) is 10.8 Å². The third-order valence-electron chi connectivity index (χ3n) is 7.17. The van der Waals surface area contributed by atoms with Gasteiger partial charge in [0.2, 0.25) is 11.8 Å². The average molecular weight is 650 g/mol. The minimum atomic E-state index is -4.32. The lowest BCUT2D eigenvalue weighted by atomic mass is 10.00. The summed E-state index contributed by atoms with van der Waals surface area (Å²) in [4.78, 5) is 29.8. The highest BCUT2D eigenvalue weighted by Gasteiger charge is 2.36. The van der Waals surface area contributed by atoms with Crippen LogP contribution in [0.25, 0.3) is 0 Å². The molecule has 0 bridgehead atoms. The van der Waals surface area contributed by atoms with E-state index in [1.807, 2.05) is 82.3 Å². The van der Waals surface area contributed by atoms with Gasteiger partial charge in [-0.3, -0.25) is 13.9 Å². The van der Waals surface area contributed by atoms with E-state index in [2.05, 4.69) is 5.32 Å². The Kier molecular flexibility index (Phi) is 10.7. The van der Waals surface area contributed by atoms with Gasteiger partial charge in [0.1, 0.15) is 18.4 Å². The largest absolute Gasteiger partial charge is 0.350 e. The second-order valence-electron chi connectivity index (χ2n) is 11.8. The monoisotopic (exact) mass is 649 g/mol. The van der Waals surface area contributed by atoms with Crippen LogP contribution in [0.1, 0.15) is 37.5 Å². The lowest BCUT2D eigenvalue weighted by molar-refractivity contribution is -0.140. The molecule has 0 saturated heterocycles. The molecule has 0 radical (unpaired) electrons. The highest BCUT2D eigenvalue weighted by atomic mass is 35.5. The average Bonchev–Trinajstić information content (AvgIpc) is 3.00. The van der Waals surface area contributed by atoms with Gasteiger partial charge in [-0.15, -0.1) is 0 Å². The summed E-state index contributed by atoms with van der Waals surface area (Å²) in [5.74, 6) is -1.73. The number of nitrogens with one attached hydrogen (secondary N) is 1. The summed E-state index contributed by atoms with van der Waals surface area (Å²) in [6, 6.07) is 27.0. The number of halogens is 2. The van der Waals surface area contributed by atoms with Gasteiger partial charge in [0.15, 0.2) is 0 Å². The summed E-state index contributed by atoms with van der Waals surface area (Å²) >= 11 is 6.08. The van der Waals surface area contributed by atoms with Crippen molar-refractivity contribution in [1.29, 1.82) is 0 Å². The maximum atomic E-state index is 14.5. The molecule has 45 heavy (non-hydrogen) atoms. The van der Waals surface area contributed by atoms with Crippen LogP contribution in [0.2, 0.25) is 5.02 Å². The third-order valence-corrected chi connectivity index (χ3v) is 9.25. The molecule has 2 amide bonds. The van der Waals surface area contributed by atoms with Crippen LogP contribution in [0.15, 0.2) is 108 Å². The molecule has 4 rings (SSSR count). The Labute approximate surface area is 269 Å². The Morgan fingerprint density at radius 3 is 2.09 bits per heavy atom. The van der Waals surface area contributed by atoms with E-state index in [0.29, 0.717) is 0 Å². The molecule has 0 unspecified atom stereocenters. The van der Waals surface area contributed by atoms with E-state index >= 15 is 0 Å². The van der Waals surface area contributed by atoms with E-state index in [9.17, 15) is 22.4 Å². The van der Waals surface area contributed by atoms with Crippen molar-refractivity contribution < 1.29 is 22.4 Å². The maximum absolute atomic E-state index is 14.5. The molecule has 0 aliphatic heterocycles. The fourth-order valence-corrected chi connectivity index (χ4v) is 6.47. The molecule has 0 saturated carbocycles. The number of hydrogen-bond donors (Lipinski definition) is 1. The molecule has 0 spiro atoms. The number of amides is 2. The molecular weight excluding hydrogens is 613 g/mol. The van der Waals surface area contributed by atoms with Crippen molar-refractivity contribution in [3.8, 4) is 0 Å². The fraction of sp³-hybridized carbons (Fsp3) is 0.257. The zero-order chi connectivity index (χ0) is 32.8. The molecule has 1 atom stereocenters. The maximum Gasteiger partial charge on any atom is 0.264 e. The van der Waals surface area contributed by atoms with Crippen LogP contribution < -0.4 is 9.62 Å². The first-order valence-electron chi connectivity index (χ1n) is 14.5. The van der Waals surface area contributed by atoms with Gasteiger partial charge in [0, 0.05) is 18.5 Å². The molecule has 0 aliphatic rings. The molecule has 0 aromatic heterocycles. The van der Waals surface area contributed by atoms with Gasteiger partial charge < -0.3 is 10.2 Å². The number of rotatable bonds is 11. The van der Waals surface area contributed by atoms with Crippen LogP contribution in [0.5, 0.6) is 0 Å². The molecule has 1 N–H and O–H groups in total. The van der Waals surface area contributed by atoms with Gasteiger partial charge in [-0.25, -0.2) is 12.8 Å². The van der Waals surface area contributed by atoms with Crippen molar-refractivity contribution in [3.05, 3.63) is 131 Å². The van der Waals surface area contributed by atoms with Gasteiger partial charge in [0.25, 0.3) is 10.0 Å². The molecule has 7 nitrogen and oxygen atoms in total. The van der Waals surface area contributed by atoms with Crippen LogP contribution in [0.4, 0.5) is 10.1 Å². The van der Waals surface area contributed by atoms with Crippen molar-refractivity contribution in [1.82, 2.24) is 10.2 Å². The molecule has 4 aromatic rings. The quantitative estimate of drug-likeness (QED) is 0.200. The standard InChI is InChI=1S/C35H37ClFN3O4S/c1-25-13-11-12-16-27(25)23-39(32(34(42)38-35(2,3)4)21-26-14-7-5-8-15-26)33(41)24-40(28-19-20-31(37)30(36)22-28)45(43,44)29-17-9-6-10-18-29/h5-20,22,32H,21,23-24H2,1-4H3,(H,38,42)/t32-/m0/s1. The topological polar surface area (TPSA) is 86.8 Å². The summed E-state index contributed by atoms with van der Waals surface area (Å²) in [5, 5.41) is 2.71. The fourth-order valence-electron chi connectivity index (χ4n) is 4.87. The number of nitrogens with zero attached hydrogens (tertiary/aromatic N) is 2. The summed E-state index contributed by atoms with van der Waals surface area (Å²) in [6.07, 6.45) is 0.189. The molecule has 236 valence electrons. The lowest BCUT2D eigenvalue weighted by Gasteiger charge is -2.35. The van der Waals surface area contributed by atoms with Gasteiger partial charge in [-0.2, -0.15) is 0 Å². The van der Waals surface area contributed by atoms with Gasteiger partial charge in [-0.05, 0) is 74.7 Å². The van der Waals surface area contributed by atoms with E-state index in [4.69, 9.17) is 11.6 Å². The normalized spacial score (nSPS) is 12.3. The predicted molar refractivity (Wildman–Crippen MR) is 176 cm³/mol. The molecule has 0 heterocycles. The molecule has 0 fully saturated rings. The van der Waals surface area contributed by atoms with Gasteiger partial charge in [-0.1, -0.05) is 84.4 Å². The second kappa shape index (κ2) is 14.3. The number of sulfonamides is 1.